The van der Waals surface area contributed by atoms with E-state index in [4.69, 9.17) is 0 Å². The zero-order valence-corrected chi connectivity index (χ0v) is 15.8. The second-order valence-electron chi connectivity index (χ2n) is 7.05. The number of rotatable bonds is 9. The van der Waals surface area contributed by atoms with Crippen LogP contribution < -0.4 is 5.32 Å². The summed E-state index contributed by atoms with van der Waals surface area (Å²) >= 11 is 0. The van der Waals surface area contributed by atoms with Crippen molar-refractivity contribution in [3.63, 3.8) is 0 Å². The Hall–Kier alpha value is -2.88. The van der Waals surface area contributed by atoms with E-state index in [2.05, 4.69) is 52.8 Å². The van der Waals surface area contributed by atoms with Crippen LogP contribution >= 0.6 is 0 Å². The van der Waals surface area contributed by atoms with Crippen molar-refractivity contribution in [3.8, 4) is 0 Å². The molecule has 0 saturated heterocycles. The Morgan fingerprint density at radius 3 is 2.63 bits per heavy atom. The second-order valence-corrected chi connectivity index (χ2v) is 7.05. The number of aryl methyl sites for hydroxylation is 1. The summed E-state index contributed by atoms with van der Waals surface area (Å²) in [4.78, 5) is 16.4. The molecule has 0 aliphatic heterocycles. The van der Waals surface area contributed by atoms with Crippen molar-refractivity contribution in [2.45, 2.75) is 39.3 Å². The zero-order valence-electron chi connectivity index (χ0n) is 15.8. The number of hydrogen-bond donors (Lipinski definition) is 1. The first kappa shape index (κ1) is 18.9. The summed E-state index contributed by atoms with van der Waals surface area (Å²) in [5, 5.41) is 3.08. The molecular weight excluding hydrogens is 334 g/mol. The largest absolute Gasteiger partial charge is 0.352 e. The molecule has 0 aliphatic carbocycles. The van der Waals surface area contributed by atoms with E-state index in [1.807, 2.05) is 36.1 Å². The standard InChI is InChI=1S/C23H27N3O/c1-19(7-5-10-20-8-3-2-4-9-20)23(27)25-16-21-11-6-12-22(15-21)17-26-14-13-24-18-26/h2-4,6,8-9,11-15,18-19H,5,7,10,16-17H2,1H3,(H,25,27)/t19-/m0/s1. The van der Waals surface area contributed by atoms with Gasteiger partial charge < -0.3 is 9.88 Å². The van der Waals surface area contributed by atoms with Gasteiger partial charge in [0.25, 0.3) is 0 Å². The maximum Gasteiger partial charge on any atom is 0.223 e. The second kappa shape index (κ2) is 9.72. The van der Waals surface area contributed by atoms with Crippen molar-refractivity contribution in [3.05, 3.63) is 90.0 Å². The molecular formula is C23H27N3O. The zero-order chi connectivity index (χ0) is 18.9. The first-order valence-electron chi connectivity index (χ1n) is 9.56. The minimum absolute atomic E-state index is 0.0304. The van der Waals surface area contributed by atoms with Crippen LogP contribution in [0, 0.1) is 5.92 Å². The van der Waals surface area contributed by atoms with Crippen molar-refractivity contribution in [1.82, 2.24) is 14.9 Å². The Morgan fingerprint density at radius 2 is 1.85 bits per heavy atom. The van der Waals surface area contributed by atoms with E-state index in [1.54, 1.807) is 6.20 Å². The fraction of sp³-hybridized carbons (Fsp3) is 0.304. The fourth-order valence-electron chi connectivity index (χ4n) is 3.18. The number of imidazole rings is 1. The molecule has 4 heteroatoms. The van der Waals surface area contributed by atoms with Crippen LogP contribution in [-0.4, -0.2) is 15.5 Å². The van der Waals surface area contributed by atoms with Gasteiger partial charge in [-0.3, -0.25) is 4.79 Å². The highest BCUT2D eigenvalue weighted by Gasteiger charge is 2.12. The summed E-state index contributed by atoms with van der Waals surface area (Å²) in [6.07, 6.45) is 8.50. The summed E-state index contributed by atoms with van der Waals surface area (Å²) in [6, 6.07) is 18.8. The van der Waals surface area contributed by atoms with Gasteiger partial charge in [0.15, 0.2) is 0 Å². The summed E-state index contributed by atoms with van der Waals surface area (Å²) in [5.74, 6) is 0.158. The number of aromatic nitrogens is 2. The quantitative estimate of drug-likeness (QED) is 0.621. The lowest BCUT2D eigenvalue weighted by Gasteiger charge is -2.13. The van der Waals surface area contributed by atoms with E-state index in [-0.39, 0.29) is 11.8 Å². The molecule has 140 valence electrons. The summed E-state index contributed by atoms with van der Waals surface area (Å²) in [6.45, 7) is 3.37. The molecule has 0 aliphatic rings. The molecule has 1 atom stereocenters. The number of nitrogens with one attached hydrogen (secondary N) is 1. The molecule has 3 aromatic rings. The average Bonchev–Trinajstić information content (AvgIpc) is 3.20. The average molecular weight is 361 g/mol. The van der Waals surface area contributed by atoms with Crippen LogP contribution in [0.5, 0.6) is 0 Å². The monoisotopic (exact) mass is 361 g/mol. The van der Waals surface area contributed by atoms with E-state index < -0.39 is 0 Å². The van der Waals surface area contributed by atoms with Gasteiger partial charge >= 0.3 is 0 Å². The maximum absolute atomic E-state index is 12.4. The third kappa shape index (κ3) is 6.10. The van der Waals surface area contributed by atoms with E-state index in [1.165, 1.54) is 11.1 Å². The first-order valence-corrected chi connectivity index (χ1v) is 9.56. The smallest absolute Gasteiger partial charge is 0.223 e. The first-order chi connectivity index (χ1) is 13.2. The molecule has 27 heavy (non-hydrogen) atoms. The van der Waals surface area contributed by atoms with Gasteiger partial charge in [0.2, 0.25) is 5.91 Å². The molecule has 0 spiro atoms. The normalized spacial score (nSPS) is 11.9. The molecule has 0 saturated carbocycles. The molecule has 1 heterocycles. The minimum Gasteiger partial charge on any atom is -0.352 e. The molecule has 2 aromatic carbocycles. The van der Waals surface area contributed by atoms with Gasteiger partial charge in [-0.15, -0.1) is 0 Å². The van der Waals surface area contributed by atoms with Gasteiger partial charge in [0.05, 0.1) is 6.33 Å². The van der Waals surface area contributed by atoms with E-state index in [0.717, 1.165) is 31.4 Å². The highest BCUT2D eigenvalue weighted by Crippen LogP contribution is 2.12. The van der Waals surface area contributed by atoms with Crippen LogP contribution in [0.3, 0.4) is 0 Å². The molecule has 1 amide bonds. The van der Waals surface area contributed by atoms with Gasteiger partial charge in [-0.2, -0.15) is 0 Å². The number of carbonyl (C=O) groups is 1. The molecule has 0 unspecified atom stereocenters. The topological polar surface area (TPSA) is 46.9 Å². The van der Waals surface area contributed by atoms with Crippen LogP contribution in [0.15, 0.2) is 73.3 Å². The van der Waals surface area contributed by atoms with Crippen molar-refractivity contribution >= 4 is 5.91 Å². The van der Waals surface area contributed by atoms with Crippen molar-refractivity contribution in [2.75, 3.05) is 0 Å². The third-order valence-corrected chi connectivity index (χ3v) is 4.78. The molecule has 1 N–H and O–H groups in total. The molecule has 1 aromatic heterocycles. The molecule has 4 nitrogen and oxygen atoms in total. The Morgan fingerprint density at radius 1 is 1.07 bits per heavy atom. The fourth-order valence-corrected chi connectivity index (χ4v) is 3.18. The Bertz CT molecular complexity index is 828. The molecule has 0 radical (unpaired) electrons. The summed E-state index contributed by atoms with van der Waals surface area (Å²) < 4.78 is 2.03. The van der Waals surface area contributed by atoms with Crippen LogP contribution in [-0.2, 0) is 24.3 Å². The summed E-state index contributed by atoms with van der Waals surface area (Å²) in [7, 11) is 0. The van der Waals surface area contributed by atoms with Crippen molar-refractivity contribution < 1.29 is 4.79 Å². The van der Waals surface area contributed by atoms with E-state index in [9.17, 15) is 4.79 Å². The van der Waals surface area contributed by atoms with Gasteiger partial charge in [-0.05, 0) is 36.0 Å². The molecule has 0 fully saturated rings. The predicted octanol–water partition coefficient (Wildman–Crippen LogP) is 4.21. The van der Waals surface area contributed by atoms with Crippen LogP contribution in [0.25, 0.3) is 0 Å². The van der Waals surface area contributed by atoms with E-state index in [0.29, 0.717) is 6.54 Å². The maximum atomic E-state index is 12.4. The predicted molar refractivity (Wildman–Crippen MR) is 108 cm³/mol. The van der Waals surface area contributed by atoms with Crippen LogP contribution in [0.1, 0.15) is 36.5 Å². The van der Waals surface area contributed by atoms with Gasteiger partial charge in [-0.1, -0.05) is 61.5 Å². The number of nitrogens with zero attached hydrogens (tertiary/aromatic N) is 2. The SMILES string of the molecule is C[C@@H](CCCc1ccccc1)C(=O)NCc1cccc(Cn2ccnc2)c1. The number of amides is 1. The molecule has 3 rings (SSSR count). The number of benzene rings is 2. The Kier molecular flexibility index (Phi) is 6.80. The van der Waals surface area contributed by atoms with Crippen LogP contribution in [0.2, 0.25) is 0 Å². The highest BCUT2D eigenvalue weighted by molar-refractivity contribution is 5.78. The summed E-state index contributed by atoms with van der Waals surface area (Å²) in [5.41, 5.74) is 3.66. The Labute approximate surface area is 161 Å². The van der Waals surface area contributed by atoms with E-state index >= 15 is 0 Å². The number of hydrogen-bond acceptors (Lipinski definition) is 2. The van der Waals surface area contributed by atoms with Gasteiger partial charge in [0, 0.05) is 31.4 Å². The highest BCUT2D eigenvalue weighted by atomic mass is 16.1. The minimum atomic E-state index is 0.0304. The third-order valence-electron chi connectivity index (χ3n) is 4.78. The Balaban J connectivity index is 1.42. The van der Waals surface area contributed by atoms with Crippen LogP contribution in [0.4, 0.5) is 0 Å². The lowest BCUT2D eigenvalue weighted by molar-refractivity contribution is -0.124. The number of carbonyl (C=O) groups excluding carboxylic acids is 1. The lowest BCUT2D eigenvalue weighted by Crippen LogP contribution is -2.28. The lowest BCUT2D eigenvalue weighted by atomic mass is 10.0. The van der Waals surface area contributed by atoms with Gasteiger partial charge in [0.1, 0.15) is 0 Å². The van der Waals surface area contributed by atoms with Gasteiger partial charge in [-0.25, -0.2) is 4.98 Å². The van der Waals surface area contributed by atoms with Crippen molar-refractivity contribution in [2.24, 2.45) is 5.92 Å². The van der Waals surface area contributed by atoms with Crippen molar-refractivity contribution in [1.29, 1.82) is 0 Å². The molecule has 0 bridgehead atoms.